The molecule has 4 amide bonds. The van der Waals surface area contributed by atoms with E-state index in [4.69, 9.17) is 4.74 Å². The third kappa shape index (κ3) is 3.48. The van der Waals surface area contributed by atoms with E-state index in [-0.39, 0.29) is 23.8 Å². The van der Waals surface area contributed by atoms with Crippen LogP contribution in [0.1, 0.15) is 64.2 Å². The molecule has 4 bridgehead atoms. The number of nitrogens with zero attached hydrogens (tertiary/aromatic N) is 1. The van der Waals surface area contributed by atoms with Crippen molar-refractivity contribution in [2.24, 2.45) is 23.2 Å². The summed E-state index contributed by atoms with van der Waals surface area (Å²) in [5.41, 5.74) is -0.614. The number of carbonyl (C=O) groups is 4. The van der Waals surface area contributed by atoms with E-state index in [1.165, 1.54) is 38.5 Å². The summed E-state index contributed by atoms with van der Waals surface area (Å²) in [6.45, 7) is -0.170. The van der Waals surface area contributed by atoms with Crippen molar-refractivity contribution in [1.82, 2.24) is 15.5 Å². The molecule has 5 saturated carbocycles. The number of urea groups is 1. The maximum Gasteiger partial charge on any atom is 0.326 e. The van der Waals surface area contributed by atoms with Crippen LogP contribution in [0, 0.1) is 23.2 Å². The third-order valence-electron chi connectivity index (χ3n) is 8.18. The molecule has 0 aromatic carbocycles. The van der Waals surface area contributed by atoms with Crippen molar-refractivity contribution in [3.8, 4) is 0 Å². The van der Waals surface area contributed by atoms with Gasteiger partial charge in [-0.3, -0.25) is 19.3 Å². The summed E-state index contributed by atoms with van der Waals surface area (Å²) >= 11 is 0. The van der Waals surface area contributed by atoms with Crippen LogP contribution in [0.3, 0.4) is 0 Å². The second-order valence-electron chi connectivity index (χ2n) is 10.5. The van der Waals surface area contributed by atoms with Gasteiger partial charge in [0.15, 0.2) is 6.61 Å². The molecule has 1 spiro atoms. The normalized spacial score (nSPS) is 35.7. The molecule has 6 fully saturated rings. The monoisotopic (exact) mass is 417 g/mol. The van der Waals surface area contributed by atoms with Crippen LogP contribution in [-0.4, -0.2) is 54.0 Å². The van der Waals surface area contributed by atoms with Crippen molar-refractivity contribution < 1.29 is 23.9 Å². The summed E-state index contributed by atoms with van der Waals surface area (Å²) in [5.74, 6) is 1.05. The zero-order valence-electron chi connectivity index (χ0n) is 17.4. The summed E-state index contributed by atoms with van der Waals surface area (Å²) in [4.78, 5) is 50.0. The van der Waals surface area contributed by atoms with Crippen LogP contribution in [0.15, 0.2) is 0 Å². The number of hydrogen-bond acceptors (Lipinski definition) is 5. The highest BCUT2D eigenvalue weighted by Gasteiger charge is 2.53. The lowest BCUT2D eigenvalue weighted by atomic mass is 9.49. The van der Waals surface area contributed by atoms with E-state index in [0.29, 0.717) is 19.4 Å². The van der Waals surface area contributed by atoms with E-state index >= 15 is 0 Å². The molecular weight excluding hydrogens is 386 g/mol. The first-order chi connectivity index (χ1) is 14.4. The standard InChI is InChI=1S/C22H31N3O5/c26-17(23-13-21-8-14-5-15(9-21)7-16(6-14)10-21)12-30-18(27)11-25-19(28)22(24-20(25)29)3-1-2-4-22/h14-16H,1-13H2,(H,23,26)(H,24,29). The lowest BCUT2D eigenvalue weighted by Gasteiger charge is -2.56. The van der Waals surface area contributed by atoms with Crippen LogP contribution in [0.25, 0.3) is 0 Å². The van der Waals surface area contributed by atoms with E-state index in [2.05, 4.69) is 10.6 Å². The van der Waals surface area contributed by atoms with Gasteiger partial charge < -0.3 is 15.4 Å². The van der Waals surface area contributed by atoms with Gasteiger partial charge in [-0.1, -0.05) is 12.8 Å². The molecule has 5 aliphatic carbocycles. The van der Waals surface area contributed by atoms with E-state index < -0.39 is 24.1 Å². The molecule has 0 radical (unpaired) electrons. The Morgan fingerprint density at radius 3 is 2.23 bits per heavy atom. The minimum atomic E-state index is -0.841. The van der Waals surface area contributed by atoms with Crippen molar-refractivity contribution in [2.75, 3.05) is 19.7 Å². The van der Waals surface area contributed by atoms with Crippen LogP contribution in [0.5, 0.6) is 0 Å². The predicted molar refractivity (Wildman–Crippen MR) is 106 cm³/mol. The molecular formula is C22H31N3O5. The fourth-order valence-electron chi connectivity index (χ4n) is 7.30. The van der Waals surface area contributed by atoms with Gasteiger partial charge in [-0.05, 0) is 74.5 Å². The van der Waals surface area contributed by atoms with Crippen LogP contribution in [-0.2, 0) is 19.1 Å². The number of hydrogen-bond donors (Lipinski definition) is 2. The number of ether oxygens (including phenoxy) is 1. The summed E-state index contributed by atoms with van der Waals surface area (Å²) < 4.78 is 5.06. The molecule has 0 atom stereocenters. The van der Waals surface area contributed by atoms with E-state index in [1.807, 2.05) is 0 Å². The van der Waals surface area contributed by atoms with E-state index in [0.717, 1.165) is 35.5 Å². The molecule has 6 aliphatic rings. The minimum absolute atomic E-state index is 0.226. The molecule has 8 nitrogen and oxygen atoms in total. The average molecular weight is 418 g/mol. The Hall–Kier alpha value is -2.12. The van der Waals surface area contributed by atoms with Gasteiger partial charge in [-0.2, -0.15) is 0 Å². The molecule has 6 rings (SSSR count). The molecule has 0 aromatic rings. The highest BCUT2D eigenvalue weighted by atomic mass is 16.5. The second kappa shape index (κ2) is 7.24. The summed E-state index contributed by atoms with van der Waals surface area (Å²) in [7, 11) is 0. The highest BCUT2D eigenvalue weighted by Crippen LogP contribution is 2.59. The largest absolute Gasteiger partial charge is 0.454 e. The fraction of sp³-hybridized carbons (Fsp3) is 0.818. The van der Waals surface area contributed by atoms with Gasteiger partial charge in [0.05, 0.1) is 0 Å². The SMILES string of the molecule is O=C(COC(=O)CN1C(=O)NC2(CCCC2)C1=O)NCC12CC3CC(CC(C3)C1)C2. The Morgan fingerprint density at radius 1 is 1.03 bits per heavy atom. The van der Waals surface area contributed by atoms with Crippen LogP contribution in [0.2, 0.25) is 0 Å². The van der Waals surface area contributed by atoms with Crippen LogP contribution in [0.4, 0.5) is 4.79 Å². The summed E-state index contributed by atoms with van der Waals surface area (Å²) in [6, 6.07) is -0.551. The van der Waals surface area contributed by atoms with Crippen LogP contribution >= 0.6 is 0 Å². The van der Waals surface area contributed by atoms with Gasteiger partial charge in [0.25, 0.3) is 11.8 Å². The van der Waals surface area contributed by atoms with Gasteiger partial charge in [0.1, 0.15) is 12.1 Å². The zero-order valence-corrected chi connectivity index (χ0v) is 17.4. The first-order valence-electron chi connectivity index (χ1n) is 11.4. The van der Waals surface area contributed by atoms with Crippen molar-refractivity contribution in [1.29, 1.82) is 0 Å². The topological polar surface area (TPSA) is 105 Å². The minimum Gasteiger partial charge on any atom is -0.454 e. The molecule has 30 heavy (non-hydrogen) atoms. The molecule has 8 heteroatoms. The first-order valence-corrected chi connectivity index (χ1v) is 11.4. The Kier molecular flexibility index (Phi) is 4.78. The predicted octanol–water partition coefficient (Wildman–Crippen LogP) is 1.73. The molecule has 2 N–H and O–H groups in total. The van der Waals surface area contributed by atoms with Gasteiger partial charge in [-0.15, -0.1) is 0 Å². The Morgan fingerprint density at radius 2 is 1.63 bits per heavy atom. The number of esters is 1. The lowest BCUT2D eigenvalue weighted by molar-refractivity contribution is -0.151. The molecule has 164 valence electrons. The van der Waals surface area contributed by atoms with E-state index in [9.17, 15) is 19.2 Å². The van der Waals surface area contributed by atoms with Crippen molar-refractivity contribution in [3.05, 3.63) is 0 Å². The Bertz CT molecular complexity index is 737. The van der Waals surface area contributed by atoms with Gasteiger partial charge >= 0.3 is 12.0 Å². The molecule has 0 unspecified atom stereocenters. The summed E-state index contributed by atoms with van der Waals surface area (Å²) in [5, 5.41) is 5.70. The highest BCUT2D eigenvalue weighted by molar-refractivity contribution is 6.08. The van der Waals surface area contributed by atoms with Gasteiger partial charge in [0.2, 0.25) is 0 Å². The maximum atomic E-state index is 12.6. The zero-order chi connectivity index (χ0) is 20.9. The third-order valence-corrected chi connectivity index (χ3v) is 8.18. The van der Waals surface area contributed by atoms with Crippen LogP contribution < -0.4 is 10.6 Å². The number of nitrogens with one attached hydrogen (secondary N) is 2. The van der Waals surface area contributed by atoms with Crippen molar-refractivity contribution >= 4 is 23.8 Å². The molecule has 1 heterocycles. The molecule has 0 aromatic heterocycles. The van der Waals surface area contributed by atoms with Crippen molar-refractivity contribution in [2.45, 2.75) is 69.7 Å². The molecule has 1 saturated heterocycles. The Labute approximate surface area is 176 Å². The molecule has 1 aliphatic heterocycles. The van der Waals surface area contributed by atoms with E-state index in [1.54, 1.807) is 0 Å². The average Bonchev–Trinajstić information content (AvgIpc) is 3.24. The lowest BCUT2D eigenvalue weighted by Crippen LogP contribution is -2.51. The Balaban J connectivity index is 1.07. The second-order valence-corrected chi connectivity index (χ2v) is 10.5. The van der Waals surface area contributed by atoms with Gasteiger partial charge in [-0.25, -0.2) is 4.79 Å². The first kappa shape index (κ1) is 19.8. The maximum absolute atomic E-state index is 12.6. The number of carbonyl (C=O) groups excluding carboxylic acids is 4. The van der Waals surface area contributed by atoms with Crippen molar-refractivity contribution in [3.63, 3.8) is 0 Å². The summed E-state index contributed by atoms with van der Waals surface area (Å²) in [6.07, 6.45) is 10.7. The number of rotatable bonds is 6. The number of imide groups is 1. The number of amides is 4. The smallest absolute Gasteiger partial charge is 0.326 e. The quantitative estimate of drug-likeness (QED) is 0.506. The van der Waals surface area contributed by atoms with Gasteiger partial charge in [0, 0.05) is 6.54 Å². The fourth-order valence-corrected chi connectivity index (χ4v) is 7.30.